The number of ether oxygens (including phenoxy) is 1. The first-order valence-corrected chi connectivity index (χ1v) is 5.45. The van der Waals surface area contributed by atoms with Gasteiger partial charge in [-0.2, -0.15) is 5.26 Å². The summed E-state index contributed by atoms with van der Waals surface area (Å²) in [5.74, 6) is 0. The Labute approximate surface area is 101 Å². The summed E-state index contributed by atoms with van der Waals surface area (Å²) in [4.78, 5) is 13.1. The van der Waals surface area contributed by atoms with Crippen LogP contribution in [0.15, 0.2) is 30.3 Å². The van der Waals surface area contributed by atoms with Crippen molar-refractivity contribution in [2.45, 2.75) is 26.0 Å². The SMILES string of the molecule is C[C@@H](CC#N)N(C)C(=O)OCc1ccccc1. The third kappa shape index (κ3) is 4.15. The van der Waals surface area contributed by atoms with E-state index in [0.717, 1.165) is 5.56 Å². The minimum atomic E-state index is -0.406. The fraction of sp³-hybridized carbons (Fsp3) is 0.385. The molecular weight excluding hydrogens is 216 g/mol. The quantitative estimate of drug-likeness (QED) is 0.801. The number of hydrogen-bond donors (Lipinski definition) is 0. The molecule has 0 radical (unpaired) electrons. The second kappa shape index (κ2) is 6.54. The number of benzene rings is 1. The lowest BCUT2D eigenvalue weighted by Crippen LogP contribution is -2.35. The average molecular weight is 232 g/mol. The van der Waals surface area contributed by atoms with Gasteiger partial charge in [-0.3, -0.25) is 0 Å². The lowest BCUT2D eigenvalue weighted by atomic mass is 10.2. The molecule has 0 aliphatic heterocycles. The highest BCUT2D eigenvalue weighted by Crippen LogP contribution is 2.06. The summed E-state index contributed by atoms with van der Waals surface area (Å²) in [6.45, 7) is 2.07. The first-order chi connectivity index (χ1) is 8.15. The van der Waals surface area contributed by atoms with Gasteiger partial charge in [0, 0.05) is 13.1 Å². The van der Waals surface area contributed by atoms with Crippen molar-refractivity contribution in [2.24, 2.45) is 0 Å². The van der Waals surface area contributed by atoms with Gasteiger partial charge in [0.05, 0.1) is 12.5 Å². The molecule has 0 spiro atoms. The van der Waals surface area contributed by atoms with Gasteiger partial charge in [-0.25, -0.2) is 4.79 Å². The van der Waals surface area contributed by atoms with Gasteiger partial charge >= 0.3 is 6.09 Å². The van der Waals surface area contributed by atoms with E-state index in [4.69, 9.17) is 10.00 Å². The van der Waals surface area contributed by atoms with E-state index >= 15 is 0 Å². The fourth-order valence-corrected chi connectivity index (χ4v) is 1.27. The maximum atomic E-state index is 11.6. The molecule has 0 aromatic heterocycles. The highest BCUT2D eigenvalue weighted by atomic mass is 16.6. The summed E-state index contributed by atoms with van der Waals surface area (Å²) in [6, 6.07) is 11.4. The fourth-order valence-electron chi connectivity index (χ4n) is 1.27. The van der Waals surface area contributed by atoms with Gasteiger partial charge in [-0.15, -0.1) is 0 Å². The Bertz CT molecular complexity index is 398. The minimum absolute atomic E-state index is 0.136. The van der Waals surface area contributed by atoms with Crippen LogP contribution in [0.25, 0.3) is 0 Å². The monoisotopic (exact) mass is 232 g/mol. The largest absolute Gasteiger partial charge is 0.445 e. The van der Waals surface area contributed by atoms with Crippen molar-refractivity contribution in [1.82, 2.24) is 4.90 Å². The Balaban J connectivity index is 2.42. The van der Waals surface area contributed by atoms with Gasteiger partial charge in [0.2, 0.25) is 0 Å². The molecule has 0 bridgehead atoms. The lowest BCUT2D eigenvalue weighted by Gasteiger charge is -2.22. The predicted octanol–water partition coefficient (Wildman–Crippen LogP) is 2.56. The number of carbonyl (C=O) groups excluding carboxylic acids is 1. The van der Waals surface area contributed by atoms with Crippen LogP contribution in [0.1, 0.15) is 18.9 Å². The predicted molar refractivity (Wildman–Crippen MR) is 64.1 cm³/mol. The number of rotatable bonds is 4. The van der Waals surface area contributed by atoms with Gasteiger partial charge in [0.15, 0.2) is 0 Å². The van der Waals surface area contributed by atoms with E-state index in [-0.39, 0.29) is 12.6 Å². The van der Waals surface area contributed by atoms with Crippen molar-refractivity contribution in [1.29, 1.82) is 5.26 Å². The summed E-state index contributed by atoms with van der Waals surface area (Å²) in [6.07, 6.45) is -0.103. The van der Waals surface area contributed by atoms with Crippen molar-refractivity contribution in [2.75, 3.05) is 7.05 Å². The third-order valence-electron chi connectivity index (χ3n) is 2.54. The highest BCUT2D eigenvalue weighted by molar-refractivity contribution is 5.67. The normalized spacial score (nSPS) is 11.4. The summed E-state index contributed by atoms with van der Waals surface area (Å²) >= 11 is 0. The van der Waals surface area contributed by atoms with E-state index in [1.54, 1.807) is 7.05 Å². The van der Waals surface area contributed by atoms with E-state index in [2.05, 4.69) is 0 Å². The van der Waals surface area contributed by atoms with Gasteiger partial charge < -0.3 is 9.64 Å². The number of nitriles is 1. The molecule has 1 aromatic carbocycles. The molecule has 1 amide bonds. The molecule has 0 unspecified atom stereocenters. The first kappa shape index (κ1) is 13.0. The smallest absolute Gasteiger partial charge is 0.410 e. The van der Waals surface area contributed by atoms with E-state index in [1.807, 2.05) is 43.3 Å². The van der Waals surface area contributed by atoms with Crippen LogP contribution in [0.3, 0.4) is 0 Å². The topological polar surface area (TPSA) is 53.3 Å². The molecule has 1 atom stereocenters. The zero-order chi connectivity index (χ0) is 12.7. The van der Waals surface area contributed by atoms with Crippen molar-refractivity contribution >= 4 is 6.09 Å². The summed E-state index contributed by atoms with van der Waals surface area (Å²) < 4.78 is 5.13. The molecule has 0 aliphatic rings. The van der Waals surface area contributed by atoms with Crippen LogP contribution < -0.4 is 0 Å². The number of amides is 1. The Kier molecular flexibility index (Phi) is 5.02. The van der Waals surface area contributed by atoms with Crippen LogP contribution in [0.4, 0.5) is 4.79 Å². The highest BCUT2D eigenvalue weighted by Gasteiger charge is 2.16. The first-order valence-electron chi connectivity index (χ1n) is 5.45. The maximum Gasteiger partial charge on any atom is 0.410 e. The van der Waals surface area contributed by atoms with Gasteiger partial charge in [0.1, 0.15) is 6.61 Å². The minimum Gasteiger partial charge on any atom is -0.445 e. The Morgan fingerprint density at radius 2 is 2.12 bits per heavy atom. The standard InChI is InChI=1S/C13H16N2O2/c1-11(8-9-14)15(2)13(16)17-10-12-6-4-3-5-7-12/h3-7,11H,8,10H2,1-2H3/t11-/m0/s1. The number of carbonyl (C=O) groups is 1. The molecule has 0 saturated heterocycles. The molecule has 1 rings (SSSR count). The van der Waals surface area contributed by atoms with Crippen molar-refractivity contribution < 1.29 is 9.53 Å². The van der Waals surface area contributed by atoms with E-state index < -0.39 is 6.09 Å². The molecular formula is C13H16N2O2. The van der Waals surface area contributed by atoms with Gasteiger partial charge in [-0.1, -0.05) is 30.3 Å². The second-order valence-electron chi connectivity index (χ2n) is 3.86. The number of hydrogen-bond acceptors (Lipinski definition) is 3. The lowest BCUT2D eigenvalue weighted by molar-refractivity contribution is 0.0941. The molecule has 1 aromatic rings. The third-order valence-corrected chi connectivity index (χ3v) is 2.54. The van der Waals surface area contributed by atoms with Crippen molar-refractivity contribution in [3.63, 3.8) is 0 Å². The number of nitrogens with zero attached hydrogens (tertiary/aromatic N) is 2. The molecule has 17 heavy (non-hydrogen) atoms. The molecule has 0 saturated carbocycles. The molecule has 0 fully saturated rings. The molecule has 90 valence electrons. The summed E-state index contributed by atoms with van der Waals surface area (Å²) in [5, 5.41) is 8.55. The maximum absolute atomic E-state index is 11.6. The molecule has 0 N–H and O–H groups in total. The summed E-state index contributed by atoms with van der Waals surface area (Å²) in [7, 11) is 1.63. The Morgan fingerprint density at radius 1 is 1.47 bits per heavy atom. The van der Waals surface area contributed by atoms with E-state index in [9.17, 15) is 4.79 Å². The van der Waals surface area contributed by atoms with Crippen LogP contribution >= 0.6 is 0 Å². The Hall–Kier alpha value is -2.02. The van der Waals surface area contributed by atoms with Crippen molar-refractivity contribution in [3.8, 4) is 6.07 Å². The van der Waals surface area contributed by atoms with Gasteiger partial charge in [-0.05, 0) is 12.5 Å². The Morgan fingerprint density at radius 3 is 2.71 bits per heavy atom. The zero-order valence-corrected chi connectivity index (χ0v) is 10.1. The zero-order valence-electron chi connectivity index (χ0n) is 10.1. The van der Waals surface area contributed by atoms with Crippen molar-refractivity contribution in [3.05, 3.63) is 35.9 Å². The average Bonchev–Trinajstić information content (AvgIpc) is 2.36. The van der Waals surface area contributed by atoms with Crippen LogP contribution in [0.2, 0.25) is 0 Å². The summed E-state index contributed by atoms with van der Waals surface area (Å²) in [5.41, 5.74) is 0.946. The molecule has 0 aliphatic carbocycles. The van der Waals surface area contributed by atoms with Crippen LogP contribution in [-0.4, -0.2) is 24.1 Å². The van der Waals surface area contributed by atoms with Crippen LogP contribution in [-0.2, 0) is 11.3 Å². The second-order valence-corrected chi connectivity index (χ2v) is 3.86. The molecule has 0 heterocycles. The van der Waals surface area contributed by atoms with Crippen LogP contribution in [0.5, 0.6) is 0 Å². The molecule has 4 heteroatoms. The molecule has 4 nitrogen and oxygen atoms in total. The van der Waals surface area contributed by atoms with Gasteiger partial charge in [0.25, 0.3) is 0 Å². The van der Waals surface area contributed by atoms with Crippen LogP contribution in [0, 0.1) is 11.3 Å². The van der Waals surface area contributed by atoms with E-state index in [0.29, 0.717) is 6.42 Å². The van der Waals surface area contributed by atoms with E-state index in [1.165, 1.54) is 4.90 Å².